The highest BCUT2D eigenvalue weighted by Crippen LogP contribution is 2.47. The zero-order valence-electron chi connectivity index (χ0n) is 14.9. The number of likely N-dealkylation sites (tertiary alicyclic amines) is 1. The Kier molecular flexibility index (Phi) is 3.74. The molecule has 4 aliphatic rings. The molecule has 0 aliphatic carbocycles. The fraction of sp³-hybridized carbons (Fsp3) is 0.500. The van der Waals surface area contributed by atoms with Gasteiger partial charge < -0.3 is 14.2 Å². The fourth-order valence-electron chi connectivity index (χ4n) is 5.27. The molecule has 3 atom stereocenters. The standard InChI is InChI=1S/C20H23N3O3/c1-25-15-4-2-13(3-5-15)16-12-23(20(24)17-8-11-26-21-17)18-14-6-9-22(10-7-14)19(16)18/h2-5,8,11,14,16,18-19H,6-7,9-10,12H2,1H3/t16-,18+,19+/m0/s1. The molecule has 6 rings (SSSR count). The van der Waals surface area contributed by atoms with Gasteiger partial charge in [-0.1, -0.05) is 17.3 Å². The van der Waals surface area contributed by atoms with E-state index < -0.39 is 0 Å². The minimum absolute atomic E-state index is 0.00138. The topological polar surface area (TPSA) is 58.8 Å². The number of rotatable bonds is 3. The van der Waals surface area contributed by atoms with Gasteiger partial charge in [-0.25, -0.2) is 0 Å². The summed E-state index contributed by atoms with van der Waals surface area (Å²) in [7, 11) is 1.69. The number of ether oxygens (including phenoxy) is 1. The molecule has 136 valence electrons. The summed E-state index contributed by atoms with van der Waals surface area (Å²) >= 11 is 0. The van der Waals surface area contributed by atoms with Crippen LogP contribution in [0.15, 0.2) is 41.1 Å². The number of carbonyl (C=O) groups is 1. The van der Waals surface area contributed by atoms with Crippen molar-refractivity contribution in [2.24, 2.45) is 5.92 Å². The van der Waals surface area contributed by atoms with Crippen molar-refractivity contribution in [3.8, 4) is 5.75 Å². The van der Waals surface area contributed by atoms with Gasteiger partial charge in [0.15, 0.2) is 5.69 Å². The zero-order chi connectivity index (χ0) is 17.7. The summed E-state index contributed by atoms with van der Waals surface area (Å²) in [6.07, 6.45) is 3.83. The molecule has 6 heteroatoms. The second-order valence-corrected chi connectivity index (χ2v) is 7.58. The van der Waals surface area contributed by atoms with Gasteiger partial charge in [0.05, 0.1) is 13.2 Å². The van der Waals surface area contributed by atoms with Crippen molar-refractivity contribution in [1.29, 1.82) is 0 Å². The van der Waals surface area contributed by atoms with E-state index in [1.807, 2.05) is 12.1 Å². The van der Waals surface area contributed by atoms with Crippen LogP contribution in [-0.2, 0) is 0 Å². The minimum Gasteiger partial charge on any atom is -0.497 e. The van der Waals surface area contributed by atoms with Gasteiger partial charge in [0.2, 0.25) is 0 Å². The number of fused-ring (bicyclic) bond motifs is 2. The predicted octanol–water partition coefficient (Wildman–Crippen LogP) is 2.39. The Morgan fingerprint density at radius 1 is 1.15 bits per heavy atom. The molecule has 4 aliphatic heterocycles. The Morgan fingerprint density at radius 2 is 1.92 bits per heavy atom. The van der Waals surface area contributed by atoms with E-state index in [1.54, 1.807) is 13.2 Å². The highest BCUT2D eigenvalue weighted by molar-refractivity contribution is 5.92. The average molecular weight is 353 g/mol. The van der Waals surface area contributed by atoms with E-state index in [2.05, 4.69) is 27.1 Å². The lowest BCUT2D eigenvalue weighted by Gasteiger charge is -2.51. The van der Waals surface area contributed by atoms with Crippen molar-refractivity contribution >= 4 is 5.91 Å². The van der Waals surface area contributed by atoms with Gasteiger partial charge in [-0.05, 0) is 49.5 Å². The van der Waals surface area contributed by atoms with Gasteiger partial charge >= 0.3 is 0 Å². The van der Waals surface area contributed by atoms with E-state index in [-0.39, 0.29) is 11.9 Å². The lowest BCUT2D eigenvalue weighted by molar-refractivity contribution is -0.00369. The van der Waals surface area contributed by atoms with Crippen molar-refractivity contribution < 1.29 is 14.1 Å². The first-order valence-corrected chi connectivity index (χ1v) is 9.35. The van der Waals surface area contributed by atoms with Crippen LogP contribution in [0.25, 0.3) is 0 Å². The van der Waals surface area contributed by atoms with E-state index >= 15 is 0 Å². The summed E-state index contributed by atoms with van der Waals surface area (Å²) in [5, 5.41) is 3.88. The normalized spacial score (nSPS) is 32.5. The average Bonchev–Trinajstić information content (AvgIpc) is 3.38. The lowest BCUT2D eigenvalue weighted by Crippen LogP contribution is -2.60. The molecule has 2 bridgehead atoms. The van der Waals surface area contributed by atoms with Crippen molar-refractivity contribution in [2.75, 3.05) is 26.7 Å². The third kappa shape index (κ3) is 2.35. The van der Waals surface area contributed by atoms with Crippen molar-refractivity contribution in [1.82, 2.24) is 15.0 Å². The van der Waals surface area contributed by atoms with Crippen LogP contribution in [0.5, 0.6) is 5.75 Å². The predicted molar refractivity (Wildman–Crippen MR) is 95.1 cm³/mol. The molecule has 0 N–H and O–H groups in total. The number of nitrogens with zero attached hydrogens (tertiary/aromatic N) is 3. The first kappa shape index (κ1) is 15.9. The summed E-state index contributed by atoms with van der Waals surface area (Å²) in [5.74, 6) is 1.77. The fourth-order valence-corrected chi connectivity index (χ4v) is 5.27. The Balaban J connectivity index is 1.51. The van der Waals surface area contributed by atoms with Gasteiger partial charge in [-0.2, -0.15) is 0 Å². The molecule has 0 radical (unpaired) electrons. The number of amides is 1. The van der Waals surface area contributed by atoms with Gasteiger partial charge in [-0.15, -0.1) is 0 Å². The molecular weight excluding hydrogens is 330 g/mol. The molecule has 6 nitrogen and oxygen atoms in total. The van der Waals surface area contributed by atoms with Crippen LogP contribution in [-0.4, -0.2) is 59.7 Å². The van der Waals surface area contributed by atoms with Gasteiger partial charge in [0.1, 0.15) is 12.0 Å². The molecule has 1 aromatic carbocycles. The van der Waals surface area contributed by atoms with Gasteiger partial charge in [0.25, 0.3) is 5.91 Å². The highest BCUT2D eigenvalue weighted by atomic mass is 16.5. The number of carbonyl (C=O) groups excluding carboxylic acids is 1. The highest BCUT2D eigenvalue weighted by Gasteiger charge is 2.54. The molecule has 4 fully saturated rings. The maximum absolute atomic E-state index is 13.1. The molecule has 0 unspecified atom stereocenters. The molecule has 1 amide bonds. The second kappa shape index (κ2) is 6.13. The molecule has 2 aromatic rings. The molecule has 0 spiro atoms. The van der Waals surface area contributed by atoms with Crippen LogP contribution < -0.4 is 4.74 Å². The van der Waals surface area contributed by atoms with Crippen molar-refractivity contribution in [3.63, 3.8) is 0 Å². The SMILES string of the molecule is COc1ccc([C@@H]2CN(C(=O)c3ccon3)[C@@H]3C4CCN(CC4)[C@@H]32)cc1. The first-order chi connectivity index (χ1) is 12.8. The number of hydrogen-bond acceptors (Lipinski definition) is 5. The second-order valence-electron chi connectivity index (χ2n) is 7.58. The van der Waals surface area contributed by atoms with Crippen LogP contribution >= 0.6 is 0 Å². The Bertz CT molecular complexity index is 781. The minimum atomic E-state index is -0.00138. The molecular formula is C20H23N3O3. The maximum atomic E-state index is 13.1. The third-order valence-corrected chi connectivity index (χ3v) is 6.46. The first-order valence-electron chi connectivity index (χ1n) is 9.35. The molecule has 0 saturated carbocycles. The zero-order valence-corrected chi connectivity index (χ0v) is 14.9. The molecule has 5 heterocycles. The van der Waals surface area contributed by atoms with E-state index in [0.717, 1.165) is 25.4 Å². The third-order valence-electron chi connectivity index (χ3n) is 6.46. The molecule has 1 aromatic heterocycles. The number of aromatic nitrogens is 1. The largest absolute Gasteiger partial charge is 0.497 e. The lowest BCUT2D eigenvalue weighted by atomic mass is 9.75. The number of benzene rings is 1. The Hall–Kier alpha value is -2.34. The molecule has 4 saturated heterocycles. The van der Waals surface area contributed by atoms with E-state index in [9.17, 15) is 4.79 Å². The van der Waals surface area contributed by atoms with Gasteiger partial charge in [0, 0.05) is 24.6 Å². The van der Waals surface area contributed by atoms with E-state index in [0.29, 0.717) is 23.6 Å². The quantitative estimate of drug-likeness (QED) is 0.848. The summed E-state index contributed by atoms with van der Waals surface area (Å²) in [4.78, 5) is 17.7. The van der Waals surface area contributed by atoms with Crippen LogP contribution in [0.2, 0.25) is 0 Å². The summed E-state index contributed by atoms with van der Waals surface area (Å²) < 4.78 is 10.2. The summed E-state index contributed by atoms with van der Waals surface area (Å²) in [5.41, 5.74) is 1.69. The van der Waals surface area contributed by atoms with Gasteiger partial charge in [-0.3, -0.25) is 9.69 Å². The Labute approximate surface area is 152 Å². The summed E-state index contributed by atoms with van der Waals surface area (Å²) in [6, 6.07) is 10.7. The van der Waals surface area contributed by atoms with Crippen molar-refractivity contribution in [2.45, 2.75) is 30.8 Å². The van der Waals surface area contributed by atoms with Crippen LogP contribution in [0.1, 0.15) is 34.8 Å². The van der Waals surface area contributed by atoms with Crippen LogP contribution in [0.4, 0.5) is 0 Å². The smallest absolute Gasteiger partial charge is 0.276 e. The number of methoxy groups -OCH3 is 1. The Morgan fingerprint density at radius 3 is 2.58 bits per heavy atom. The number of piperidine rings is 3. The van der Waals surface area contributed by atoms with E-state index in [1.165, 1.54) is 24.7 Å². The summed E-state index contributed by atoms with van der Waals surface area (Å²) in [6.45, 7) is 3.02. The number of hydrogen-bond donors (Lipinski definition) is 0. The van der Waals surface area contributed by atoms with Crippen molar-refractivity contribution in [3.05, 3.63) is 47.9 Å². The monoisotopic (exact) mass is 353 g/mol. The molecule has 26 heavy (non-hydrogen) atoms. The maximum Gasteiger partial charge on any atom is 0.276 e. The van der Waals surface area contributed by atoms with Crippen LogP contribution in [0, 0.1) is 5.92 Å². The van der Waals surface area contributed by atoms with Crippen LogP contribution in [0.3, 0.4) is 0 Å². The van der Waals surface area contributed by atoms with E-state index in [4.69, 9.17) is 9.26 Å².